The number of hydrogen-bond acceptors (Lipinski definition) is 4. The van der Waals surface area contributed by atoms with Gasteiger partial charge in [-0.25, -0.2) is 13.1 Å². The zero-order chi connectivity index (χ0) is 13.6. The van der Waals surface area contributed by atoms with E-state index < -0.39 is 15.4 Å². The zero-order valence-corrected chi connectivity index (χ0v) is 11.5. The first-order valence-electron chi connectivity index (χ1n) is 6.09. The number of nitrogen functional groups attached to an aromatic ring is 1. The van der Waals surface area contributed by atoms with Gasteiger partial charge in [0.1, 0.15) is 5.69 Å². The molecule has 6 nitrogen and oxygen atoms in total. The Morgan fingerprint density at radius 1 is 1.50 bits per heavy atom. The molecule has 1 aliphatic rings. The van der Waals surface area contributed by atoms with Crippen LogP contribution in [0.1, 0.15) is 32.4 Å². The highest BCUT2D eigenvalue weighted by molar-refractivity contribution is 7.91. The first kappa shape index (κ1) is 13.2. The third kappa shape index (κ3) is 2.07. The third-order valence-corrected chi connectivity index (χ3v) is 5.42. The Kier molecular flexibility index (Phi) is 3.04. The van der Waals surface area contributed by atoms with Crippen LogP contribution in [0.3, 0.4) is 0 Å². The molecule has 0 aromatic carbocycles. The first-order chi connectivity index (χ1) is 8.29. The summed E-state index contributed by atoms with van der Waals surface area (Å²) in [4.78, 5) is 12.1. The van der Waals surface area contributed by atoms with Crippen molar-refractivity contribution in [2.75, 3.05) is 17.2 Å². The minimum absolute atomic E-state index is 0.00851. The number of hydrogen-bond donors (Lipinski definition) is 2. The molecule has 1 atom stereocenters. The van der Waals surface area contributed by atoms with Crippen molar-refractivity contribution in [1.82, 2.24) is 9.78 Å². The number of aromatic nitrogens is 2. The van der Waals surface area contributed by atoms with Gasteiger partial charge in [0.25, 0.3) is 5.56 Å². The molecule has 0 spiro atoms. The van der Waals surface area contributed by atoms with Crippen molar-refractivity contribution in [3.05, 3.63) is 16.0 Å². The number of nitrogens with two attached hydrogens (primary N) is 1. The van der Waals surface area contributed by atoms with Gasteiger partial charge in [-0.1, -0.05) is 13.3 Å². The molecule has 0 aliphatic carbocycles. The van der Waals surface area contributed by atoms with Crippen molar-refractivity contribution in [1.29, 1.82) is 0 Å². The van der Waals surface area contributed by atoms with Crippen LogP contribution in [0.4, 0.5) is 5.69 Å². The molecule has 3 N–H and O–H groups in total. The van der Waals surface area contributed by atoms with Gasteiger partial charge >= 0.3 is 0 Å². The molecule has 1 saturated heterocycles. The predicted octanol–water partition coefficient (Wildman–Crippen LogP) is 0.245. The Hall–Kier alpha value is -1.24. The van der Waals surface area contributed by atoms with E-state index in [0.29, 0.717) is 18.5 Å². The second kappa shape index (κ2) is 4.15. The van der Waals surface area contributed by atoms with Gasteiger partial charge in [0.05, 0.1) is 22.7 Å². The highest BCUT2D eigenvalue weighted by Gasteiger charge is 2.41. The van der Waals surface area contributed by atoms with Crippen molar-refractivity contribution < 1.29 is 8.42 Å². The lowest BCUT2D eigenvalue weighted by Gasteiger charge is -2.22. The maximum absolute atomic E-state index is 12.1. The van der Waals surface area contributed by atoms with Gasteiger partial charge in [-0.3, -0.25) is 9.89 Å². The highest BCUT2D eigenvalue weighted by Crippen LogP contribution is 2.29. The topological polar surface area (TPSA) is 98.0 Å². The summed E-state index contributed by atoms with van der Waals surface area (Å²) in [6.45, 7) is 3.78. The Morgan fingerprint density at radius 3 is 2.67 bits per heavy atom. The van der Waals surface area contributed by atoms with Gasteiger partial charge in [-0.2, -0.15) is 0 Å². The van der Waals surface area contributed by atoms with E-state index in [1.807, 2.05) is 6.92 Å². The zero-order valence-electron chi connectivity index (χ0n) is 10.7. The average Bonchev–Trinajstić information content (AvgIpc) is 2.71. The van der Waals surface area contributed by atoms with E-state index in [1.165, 1.54) is 4.68 Å². The maximum atomic E-state index is 12.1. The van der Waals surface area contributed by atoms with Crippen LogP contribution < -0.4 is 11.3 Å². The molecule has 18 heavy (non-hydrogen) atoms. The largest absolute Gasteiger partial charge is 0.393 e. The number of anilines is 1. The van der Waals surface area contributed by atoms with Crippen molar-refractivity contribution in [2.24, 2.45) is 0 Å². The van der Waals surface area contributed by atoms with Crippen LogP contribution in [0, 0.1) is 0 Å². The fourth-order valence-electron chi connectivity index (χ4n) is 2.49. The summed E-state index contributed by atoms with van der Waals surface area (Å²) in [6.07, 6.45) is 2.01. The minimum Gasteiger partial charge on any atom is -0.393 e. The summed E-state index contributed by atoms with van der Waals surface area (Å²) >= 11 is 0. The number of nitrogens with zero attached hydrogens (tertiary/aromatic N) is 1. The van der Waals surface area contributed by atoms with Crippen molar-refractivity contribution in [3.63, 3.8) is 0 Å². The molecule has 1 aromatic heterocycles. The van der Waals surface area contributed by atoms with E-state index in [4.69, 9.17) is 5.73 Å². The van der Waals surface area contributed by atoms with Gasteiger partial charge in [-0.15, -0.1) is 0 Å². The van der Waals surface area contributed by atoms with Gasteiger partial charge in [0, 0.05) is 0 Å². The predicted molar refractivity (Wildman–Crippen MR) is 70.4 cm³/mol. The fraction of sp³-hybridized carbons (Fsp3) is 0.727. The molecule has 102 valence electrons. The normalized spacial score (nSPS) is 26.6. The number of aryl methyl sites for hydroxylation is 1. The Balaban J connectivity index is 2.47. The van der Waals surface area contributed by atoms with Crippen molar-refractivity contribution in [3.8, 4) is 0 Å². The standard InChI is InChI=1S/C11H19N3O3S/c1-3-4-8-9(12)10(15)14(13-8)11(2)5-6-18(16,17)7-11/h13H,3-7,12H2,1-2H3. The van der Waals surface area contributed by atoms with Crippen LogP contribution in [0.25, 0.3) is 0 Å². The summed E-state index contributed by atoms with van der Waals surface area (Å²) in [5.41, 5.74) is 5.68. The van der Waals surface area contributed by atoms with Gasteiger partial charge < -0.3 is 5.73 Å². The summed E-state index contributed by atoms with van der Waals surface area (Å²) in [6, 6.07) is 0. The lowest BCUT2D eigenvalue weighted by molar-refractivity contribution is 0.318. The third-order valence-electron chi connectivity index (χ3n) is 3.53. The molecule has 2 rings (SSSR count). The molecular weight excluding hydrogens is 254 g/mol. The van der Waals surface area contributed by atoms with Crippen LogP contribution in [0.15, 0.2) is 4.79 Å². The number of sulfone groups is 1. The van der Waals surface area contributed by atoms with E-state index in [0.717, 1.165) is 6.42 Å². The lowest BCUT2D eigenvalue weighted by atomic mass is 10.0. The molecule has 1 aliphatic heterocycles. The van der Waals surface area contributed by atoms with E-state index in [1.54, 1.807) is 6.92 Å². The van der Waals surface area contributed by atoms with Crippen molar-refractivity contribution >= 4 is 15.5 Å². The second-order valence-electron chi connectivity index (χ2n) is 5.23. The fourth-order valence-corrected chi connectivity index (χ4v) is 4.60. The van der Waals surface area contributed by atoms with E-state index in [9.17, 15) is 13.2 Å². The average molecular weight is 273 g/mol. The summed E-state index contributed by atoms with van der Waals surface area (Å²) in [5.74, 6) is 0.114. The van der Waals surface area contributed by atoms with Crippen LogP contribution in [-0.2, 0) is 21.8 Å². The molecule has 0 saturated carbocycles. The molecular formula is C11H19N3O3S. The van der Waals surface area contributed by atoms with Crippen LogP contribution in [-0.4, -0.2) is 29.7 Å². The van der Waals surface area contributed by atoms with Gasteiger partial charge in [0.15, 0.2) is 9.84 Å². The highest BCUT2D eigenvalue weighted by atomic mass is 32.2. The van der Waals surface area contributed by atoms with Crippen LogP contribution in [0.2, 0.25) is 0 Å². The smallest absolute Gasteiger partial charge is 0.290 e. The first-order valence-corrected chi connectivity index (χ1v) is 7.91. The number of H-pyrrole nitrogens is 1. The lowest BCUT2D eigenvalue weighted by Crippen LogP contribution is -2.39. The quantitative estimate of drug-likeness (QED) is 0.824. The van der Waals surface area contributed by atoms with Crippen LogP contribution in [0.5, 0.6) is 0 Å². The van der Waals surface area contributed by atoms with E-state index in [-0.39, 0.29) is 22.8 Å². The number of rotatable bonds is 3. The van der Waals surface area contributed by atoms with E-state index in [2.05, 4.69) is 5.10 Å². The Morgan fingerprint density at radius 2 is 2.17 bits per heavy atom. The summed E-state index contributed by atoms with van der Waals surface area (Å²) < 4.78 is 24.6. The Bertz CT molecular complexity index is 614. The molecule has 1 fully saturated rings. The van der Waals surface area contributed by atoms with Crippen molar-refractivity contribution in [2.45, 2.75) is 38.6 Å². The molecule has 7 heteroatoms. The van der Waals surface area contributed by atoms with E-state index >= 15 is 0 Å². The molecule has 2 heterocycles. The molecule has 1 aromatic rings. The van der Waals surface area contributed by atoms with Crippen LogP contribution >= 0.6 is 0 Å². The van der Waals surface area contributed by atoms with Gasteiger partial charge in [0.2, 0.25) is 0 Å². The second-order valence-corrected chi connectivity index (χ2v) is 7.42. The molecule has 0 amide bonds. The number of aromatic amines is 1. The summed E-state index contributed by atoms with van der Waals surface area (Å²) in [7, 11) is -3.06. The minimum atomic E-state index is -3.06. The summed E-state index contributed by atoms with van der Waals surface area (Å²) in [5, 5.41) is 2.99. The molecule has 1 unspecified atom stereocenters. The SMILES string of the molecule is CCCc1[nH]n(C2(C)CCS(=O)(=O)C2)c(=O)c1N. The molecule has 0 bridgehead atoms. The number of nitrogens with one attached hydrogen (secondary N) is 1. The maximum Gasteiger partial charge on any atom is 0.290 e. The monoisotopic (exact) mass is 273 g/mol. The Labute approximate surface area is 106 Å². The van der Waals surface area contributed by atoms with Gasteiger partial charge in [-0.05, 0) is 19.8 Å². The molecule has 0 radical (unpaired) electrons.